The van der Waals surface area contributed by atoms with Crippen LogP contribution in [0.4, 0.5) is 5.69 Å². The fourth-order valence-corrected chi connectivity index (χ4v) is 4.61. The summed E-state index contributed by atoms with van der Waals surface area (Å²) in [6.45, 7) is 2.30. The number of amides is 3. The van der Waals surface area contributed by atoms with Crippen molar-refractivity contribution in [3.8, 4) is 12.1 Å². The number of hydrogen-bond acceptors (Lipinski definition) is 7. The molecule has 0 aliphatic carbocycles. The number of rotatable bonds is 8. The summed E-state index contributed by atoms with van der Waals surface area (Å²) in [6.07, 6.45) is 2.58. The number of amidine groups is 1. The van der Waals surface area contributed by atoms with Crippen molar-refractivity contribution < 1.29 is 14.4 Å². The predicted molar refractivity (Wildman–Crippen MR) is 121 cm³/mol. The molecule has 0 bridgehead atoms. The molecule has 1 atom stereocenters. The first-order chi connectivity index (χ1) is 15.5. The van der Waals surface area contributed by atoms with Crippen LogP contribution in [0.5, 0.6) is 0 Å². The summed E-state index contributed by atoms with van der Waals surface area (Å²) < 4.78 is 0. The third kappa shape index (κ3) is 6.08. The lowest BCUT2D eigenvalue weighted by atomic mass is 10.1. The van der Waals surface area contributed by atoms with Gasteiger partial charge < -0.3 is 15.1 Å². The van der Waals surface area contributed by atoms with Crippen molar-refractivity contribution in [1.29, 1.82) is 10.5 Å². The normalized spacial score (nSPS) is 17.4. The minimum atomic E-state index is -0.514. The number of carbonyl (C=O) groups is 3. The standard InChI is InChI=1S/C22H24N6O3S/c23-9-3-13-27(14-4-10-24)21(31)16-5-7-17(8-6-16)25-19(29)15-18-20(30)26-22(32-18)28-11-1-2-12-28/h5-8,18H,1-4,11-15H2,(H,25,29). The SMILES string of the molecule is N#CCCN(CCC#N)C(=O)c1ccc(NC(=O)CC2SC(N3CCCC3)=NC2=O)cc1. The van der Waals surface area contributed by atoms with E-state index in [0.29, 0.717) is 16.4 Å². The first kappa shape index (κ1) is 23.3. The van der Waals surface area contributed by atoms with Crippen molar-refractivity contribution in [2.75, 3.05) is 31.5 Å². The lowest BCUT2D eigenvalue weighted by Gasteiger charge is -2.20. The number of nitrogens with one attached hydrogen (secondary N) is 1. The number of likely N-dealkylation sites (tertiary alicyclic amines) is 1. The molecular weight excluding hydrogens is 428 g/mol. The van der Waals surface area contributed by atoms with E-state index in [1.807, 2.05) is 12.1 Å². The van der Waals surface area contributed by atoms with Gasteiger partial charge in [-0.15, -0.1) is 0 Å². The van der Waals surface area contributed by atoms with E-state index < -0.39 is 5.25 Å². The highest BCUT2D eigenvalue weighted by atomic mass is 32.2. The number of anilines is 1. The van der Waals surface area contributed by atoms with Crippen LogP contribution in [0.15, 0.2) is 29.3 Å². The molecule has 1 unspecified atom stereocenters. The Bertz CT molecular complexity index is 955. The van der Waals surface area contributed by atoms with Gasteiger partial charge in [-0.3, -0.25) is 14.4 Å². The van der Waals surface area contributed by atoms with Crippen LogP contribution in [-0.2, 0) is 9.59 Å². The molecule has 3 amide bonds. The fraction of sp³-hybridized carbons (Fsp3) is 0.455. The third-order valence-electron chi connectivity index (χ3n) is 5.17. The maximum Gasteiger partial charge on any atom is 0.262 e. The van der Waals surface area contributed by atoms with Crippen molar-refractivity contribution in [3.63, 3.8) is 0 Å². The lowest BCUT2D eigenvalue weighted by molar-refractivity contribution is -0.121. The van der Waals surface area contributed by atoms with Gasteiger partial charge >= 0.3 is 0 Å². The summed E-state index contributed by atoms with van der Waals surface area (Å²) in [5.74, 6) is -0.840. The van der Waals surface area contributed by atoms with Gasteiger partial charge in [0.25, 0.3) is 11.8 Å². The van der Waals surface area contributed by atoms with Crippen molar-refractivity contribution in [2.45, 2.75) is 37.4 Å². The van der Waals surface area contributed by atoms with E-state index in [1.165, 1.54) is 16.7 Å². The molecule has 0 radical (unpaired) electrons. The summed E-state index contributed by atoms with van der Waals surface area (Å²) >= 11 is 1.35. The number of benzene rings is 1. The van der Waals surface area contributed by atoms with Gasteiger partial charge in [-0.25, -0.2) is 0 Å². The zero-order chi connectivity index (χ0) is 22.9. The maximum atomic E-state index is 12.7. The quantitative estimate of drug-likeness (QED) is 0.641. The molecule has 0 saturated carbocycles. The molecule has 0 spiro atoms. The summed E-state index contributed by atoms with van der Waals surface area (Å²) in [6, 6.07) is 10.4. The second-order valence-corrected chi connectivity index (χ2v) is 8.64. The zero-order valence-corrected chi connectivity index (χ0v) is 18.4. The van der Waals surface area contributed by atoms with Crippen molar-refractivity contribution >= 4 is 40.3 Å². The molecule has 2 aliphatic rings. The number of carbonyl (C=O) groups excluding carboxylic acids is 3. The molecule has 2 heterocycles. The van der Waals surface area contributed by atoms with Crippen molar-refractivity contribution in [1.82, 2.24) is 9.80 Å². The van der Waals surface area contributed by atoms with E-state index in [0.717, 1.165) is 25.9 Å². The Kier molecular flexibility index (Phi) is 8.23. The highest BCUT2D eigenvalue weighted by Crippen LogP contribution is 2.29. The van der Waals surface area contributed by atoms with Crippen LogP contribution in [0.2, 0.25) is 0 Å². The lowest BCUT2D eigenvalue weighted by Crippen LogP contribution is -2.32. The first-order valence-electron chi connectivity index (χ1n) is 10.5. The Hall–Kier alpha value is -3.37. The summed E-state index contributed by atoms with van der Waals surface area (Å²) in [7, 11) is 0. The van der Waals surface area contributed by atoms with Crippen LogP contribution in [0.1, 0.15) is 42.5 Å². The monoisotopic (exact) mass is 452 g/mol. The number of aliphatic imine (C=N–C) groups is 1. The molecule has 1 aromatic rings. The minimum absolute atomic E-state index is 0.0289. The van der Waals surface area contributed by atoms with E-state index in [1.54, 1.807) is 24.3 Å². The van der Waals surface area contributed by atoms with Gasteiger partial charge in [-0.1, -0.05) is 11.8 Å². The average molecular weight is 453 g/mol. The summed E-state index contributed by atoms with van der Waals surface area (Å²) in [5.41, 5.74) is 0.923. The van der Waals surface area contributed by atoms with E-state index in [2.05, 4.69) is 15.2 Å². The summed E-state index contributed by atoms with van der Waals surface area (Å²) in [4.78, 5) is 44.9. The molecule has 32 heavy (non-hydrogen) atoms. The fourth-order valence-electron chi connectivity index (χ4n) is 3.50. The van der Waals surface area contributed by atoms with Crippen LogP contribution in [0.3, 0.4) is 0 Å². The number of nitriles is 2. The van der Waals surface area contributed by atoms with Crippen LogP contribution >= 0.6 is 11.8 Å². The smallest absolute Gasteiger partial charge is 0.262 e. The van der Waals surface area contributed by atoms with E-state index >= 15 is 0 Å². The second kappa shape index (κ2) is 11.3. The Morgan fingerprint density at radius 2 is 1.75 bits per heavy atom. The third-order valence-corrected chi connectivity index (χ3v) is 6.38. The predicted octanol–water partition coefficient (Wildman–Crippen LogP) is 2.38. The average Bonchev–Trinajstić information content (AvgIpc) is 3.44. The molecule has 3 rings (SSSR count). The molecular formula is C22H24N6O3S. The van der Waals surface area contributed by atoms with Gasteiger partial charge in [0.05, 0.1) is 25.0 Å². The molecule has 2 aliphatic heterocycles. The Morgan fingerprint density at radius 1 is 1.12 bits per heavy atom. The zero-order valence-electron chi connectivity index (χ0n) is 17.6. The molecule has 1 saturated heterocycles. The Morgan fingerprint density at radius 3 is 2.34 bits per heavy atom. The summed E-state index contributed by atoms with van der Waals surface area (Å²) in [5, 5.41) is 20.5. The molecule has 10 heteroatoms. The number of nitrogens with zero attached hydrogens (tertiary/aromatic N) is 5. The van der Waals surface area contributed by atoms with Crippen molar-refractivity contribution in [3.05, 3.63) is 29.8 Å². The Labute approximate surface area is 191 Å². The van der Waals surface area contributed by atoms with Gasteiger partial charge in [0.1, 0.15) is 5.25 Å². The van der Waals surface area contributed by atoms with Gasteiger partial charge in [-0.2, -0.15) is 15.5 Å². The number of thioether (sulfide) groups is 1. The first-order valence-corrected chi connectivity index (χ1v) is 11.4. The van der Waals surface area contributed by atoms with Gasteiger partial charge in [-0.05, 0) is 37.1 Å². The molecule has 9 nitrogen and oxygen atoms in total. The van der Waals surface area contributed by atoms with E-state index in [9.17, 15) is 14.4 Å². The Balaban J connectivity index is 1.53. The van der Waals surface area contributed by atoms with E-state index in [-0.39, 0.29) is 50.1 Å². The largest absolute Gasteiger partial charge is 0.351 e. The van der Waals surface area contributed by atoms with Crippen LogP contribution in [0.25, 0.3) is 0 Å². The molecule has 1 fully saturated rings. The molecule has 1 N–H and O–H groups in total. The topological polar surface area (TPSA) is 130 Å². The maximum absolute atomic E-state index is 12.7. The highest BCUT2D eigenvalue weighted by Gasteiger charge is 2.33. The van der Waals surface area contributed by atoms with Crippen LogP contribution in [0, 0.1) is 22.7 Å². The minimum Gasteiger partial charge on any atom is -0.351 e. The number of hydrogen-bond donors (Lipinski definition) is 1. The molecule has 0 aromatic heterocycles. The van der Waals surface area contributed by atoms with Crippen molar-refractivity contribution in [2.24, 2.45) is 4.99 Å². The highest BCUT2D eigenvalue weighted by molar-refractivity contribution is 8.15. The van der Waals surface area contributed by atoms with Gasteiger partial charge in [0.15, 0.2) is 5.17 Å². The van der Waals surface area contributed by atoms with E-state index in [4.69, 9.17) is 10.5 Å². The van der Waals surface area contributed by atoms with Gasteiger partial charge in [0.2, 0.25) is 5.91 Å². The molecule has 166 valence electrons. The van der Waals surface area contributed by atoms with Crippen LogP contribution in [-0.4, -0.2) is 64.1 Å². The molecule has 1 aromatic carbocycles. The van der Waals surface area contributed by atoms with Crippen LogP contribution < -0.4 is 5.32 Å². The second-order valence-electron chi connectivity index (χ2n) is 7.47. The van der Waals surface area contributed by atoms with Gasteiger partial charge in [0, 0.05) is 43.9 Å².